The molecule has 94 valence electrons. The predicted molar refractivity (Wildman–Crippen MR) is 74.6 cm³/mol. The van der Waals surface area contributed by atoms with Crippen LogP contribution in [0.25, 0.3) is 0 Å². The van der Waals surface area contributed by atoms with Crippen molar-refractivity contribution in [1.82, 2.24) is 4.90 Å². The first-order chi connectivity index (χ1) is 8.15. The SMILES string of the molecule is CC1CCN(C(N)=NCc2ccc(Cl)s2)CC1. The van der Waals surface area contributed by atoms with Gasteiger partial charge in [0.05, 0.1) is 10.9 Å². The van der Waals surface area contributed by atoms with Crippen molar-refractivity contribution in [2.24, 2.45) is 16.6 Å². The Labute approximate surface area is 111 Å². The van der Waals surface area contributed by atoms with E-state index in [0.29, 0.717) is 12.5 Å². The maximum atomic E-state index is 6.00. The third-order valence-corrected chi connectivity index (χ3v) is 4.35. The summed E-state index contributed by atoms with van der Waals surface area (Å²) >= 11 is 7.43. The molecule has 2 rings (SSSR count). The highest BCUT2D eigenvalue weighted by Gasteiger charge is 2.16. The van der Waals surface area contributed by atoms with Crippen molar-refractivity contribution in [1.29, 1.82) is 0 Å². The average Bonchev–Trinajstić information content (AvgIpc) is 2.73. The summed E-state index contributed by atoms with van der Waals surface area (Å²) in [5, 5.41) is 0. The molecule has 0 bridgehead atoms. The second-order valence-corrected chi connectivity index (χ2v) is 6.35. The fourth-order valence-corrected chi connectivity index (χ4v) is 2.95. The van der Waals surface area contributed by atoms with Crippen molar-refractivity contribution in [3.05, 3.63) is 21.3 Å². The Morgan fingerprint density at radius 1 is 1.53 bits per heavy atom. The second kappa shape index (κ2) is 5.74. The molecule has 1 aliphatic rings. The van der Waals surface area contributed by atoms with Gasteiger partial charge in [-0.1, -0.05) is 18.5 Å². The lowest BCUT2D eigenvalue weighted by Crippen LogP contribution is -2.42. The Morgan fingerprint density at radius 2 is 2.24 bits per heavy atom. The summed E-state index contributed by atoms with van der Waals surface area (Å²) in [7, 11) is 0. The van der Waals surface area contributed by atoms with Gasteiger partial charge in [-0.05, 0) is 30.9 Å². The summed E-state index contributed by atoms with van der Waals surface area (Å²) in [5.41, 5.74) is 6.00. The number of rotatable bonds is 2. The lowest BCUT2D eigenvalue weighted by molar-refractivity contribution is 0.277. The molecule has 0 atom stereocenters. The van der Waals surface area contributed by atoms with Gasteiger partial charge in [-0.15, -0.1) is 11.3 Å². The van der Waals surface area contributed by atoms with Crippen LogP contribution in [0.4, 0.5) is 0 Å². The number of likely N-dealkylation sites (tertiary alicyclic amines) is 1. The fourth-order valence-electron chi connectivity index (χ4n) is 1.93. The zero-order valence-corrected chi connectivity index (χ0v) is 11.6. The molecule has 0 aliphatic carbocycles. The number of guanidine groups is 1. The molecule has 1 saturated heterocycles. The largest absolute Gasteiger partial charge is 0.370 e. The van der Waals surface area contributed by atoms with Crippen LogP contribution >= 0.6 is 22.9 Å². The van der Waals surface area contributed by atoms with Gasteiger partial charge in [-0.2, -0.15) is 0 Å². The second-order valence-electron chi connectivity index (χ2n) is 4.55. The lowest BCUT2D eigenvalue weighted by Gasteiger charge is -2.30. The van der Waals surface area contributed by atoms with Gasteiger partial charge in [0.2, 0.25) is 0 Å². The highest BCUT2D eigenvalue weighted by molar-refractivity contribution is 7.16. The number of hydrogen-bond donors (Lipinski definition) is 1. The molecule has 5 heteroatoms. The van der Waals surface area contributed by atoms with Crippen LogP contribution in [0.5, 0.6) is 0 Å². The summed E-state index contributed by atoms with van der Waals surface area (Å²) in [5.74, 6) is 1.48. The third kappa shape index (κ3) is 3.61. The van der Waals surface area contributed by atoms with Gasteiger partial charge >= 0.3 is 0 Å². The molecular formula is C12H18ClN3S. The number of aliphatic imine (C=N–C) groups is 1. The predicted octanol–water partition coefficient (Wildman–Crippen LogP) is 2.95. The molecule has 2 N–H and O–H groups in total. The van der Waals surface area contributed by atoms with Crippen molar-refractivity contribution in [3.63, 3.8) is 0 Å². The van der Waals surface area contributed by atoms with Gasteiger partial charge in [0.25, 0.3) is 0 Å². The van der Waals surface area contributed by atoms with Crippen LogP contribution in [-0.2, 0) is 6.54 Å². The number of nitrogens with two attached hydrogens (primary N) is 1. The standard InChI is InChI=1S/C12H18ClN3S/c1-9-4-6-16(7-5-9)12(14)15-8-10-2-3-11(13)17-10/h2-3,9H,4-8H2,1H3,(H2,14,15). The number of hydrogen-bond acceptors (Lipinski definition) is 2. The van der Waals surface area contributed by atoms with E-state index in [1.165, 1.54) is 12.8 Å². The van der Waals surface area contributed by atoms with E-state index in [4.69, 9.17) is 17.3 Å². The maximum absolute atomic E-state index is 6.00. The normalized spacial score (nSPS) is 18.7. The van der Waals surface area contributed by atoms with Crippen LogP contribution in [0.15, 0.2) is 17.1 Å². The molecule has 1 aliphatic heterocycles. The topological polar surface area (TPSA) is 41.6 Å². The summed E-state index contributed by atoms with van der Waals surface area (Å²) in [6.07, 6.45) is 2.42. The van der Waals surface area contributed by atoms with Gasteiger partial charge in [-0.3, -0.25) is 0 Å². The molecular weight excluding hydrogens is 254 g/mol. The molecule has 1 fully saturated rings. The van der Waals surface area contributed by atoms with E-state index >= 15 is 0 Å². The minimum absolute atomic E-state index is 0.634. The Morgan fingerprint density at radius 3 is 2.82 bits per heavy atom. The molecule has 17 heavy (non-hydrogen) atoms. The van der Waals surface area contributed by atoms with Crippen molar-refractivity contribution in [3.8, 4) is 0 Å². The van der Waals surface area contributed by atoms with Crippen molar-refractivity contribution < 1.29 is 0 Å². The van der Waals surface area contributed by atoms with E-state index in [0.717, 1.165) is 28.2 Å². The van der Waals surface area contributed by atoms with Crippen LogP contribution in [0.3, 0.4) is 0 Å². The molecule has 3 nitrogen and oxygen atoms in total. The molecule has 0 unspecified atom stereocenters. The van der Waals surface area contributed by atoms with Crippen molar-refractivity contribution in [2.75, 3.05) is 13.1 Å². The minimum atomic E-state index is 0.634. The number of nitrogens with zero attached hydrogens (tertiary/aromatic N) is 2. The van der Waals surface area contributed by atoms with Crippen LogP contribution in [0, 0.1) is 5.92 Å². The maximum Gasteiger partial charge on any atom is 0.191 e. The van der Waals surface area contributed by atoms with Gasteiger partial charge in [0.15, 0.2) is 5.96 Å². The molecule has 0 aromatic carbocycles. The van der Waals surface area contributed by atoms with Gasteiger partial charge in [0.1, 0.15) is 0 Å². The summed E-state index contributed by atoms with van der Waals surface area (Å²) in [4.78, 5) is 7.76. The highest BCUT2D eigenvalue weighted by Crippen LogP contribution is 2.22. The van der Waals surface area contributed by atoms with Gasteiger partial charge in [0, 0.05) is 18.0 Å². The van der Waals surface area contributed by atoms with E-state index in [9.17, 15) is 0 Å². The molecule has 0 radical (unpaired) electrons. The van der Waals surface area contributed by atoms with E-state index in [1.54, 1.807) is 11.3 Å². The first-order valence-electron chi connectivity index (χ1n) is 5.94. The first-order valence-corrected chi connectivity index (χ1v) is 7.13. The molecule has 2 heterocycles. The van der Waals surface area contributed by atoms with E-state index in [1.807, 2.05) is 12.1 Å². The average molecular weight is 272 g/mol. The molecule has 0 saturated carbocycles. The molecule has 1 aromatic heterocycles. The minimum Gasteiger partial charge on any atom is -0.370 e. The van der Waals surface area contributed by atoms with Crippen LogP contribution in [-0.4, -0.2) is 23.9 Å². The van der Waals surface area contributed by atoms with Gasteiger partial charge in [-0.25, -0.2) is 4.99 Å². The van der Waals surface area contributed by atoms with Crippen molar-refractivity contribution >= 4 is 28.9 Å². The summed E-state index contributed by atoms with van der Waals surface area (Å²) < 4.78 is 0.806. The molecule has 0 spiro atoms. The van der Waals surface area contributed by atoms with E-state index < -0.39 is 0 Å². The van der Waals surface area contributed by atoms with Crippen molar-refractivity contribution in [2.45, 2.75) is 26.3 Å². The van der Waals surface area contributed by atoms with E-state index in [-0.39, 0.29) is 0 Å². The number of piperidine rings is 1. The zero-order valence-electron chi connectivity index (χ0n) is 10.0. The summed E-state index contributed by atoms with van der Waals surface area (Å²) in [6, 6.07) is 3.90. The first kappa shape index (κ1) is 12.7. The van der Waals surface area contributed by atoms with E-state index in [2.05, 4.69) is 16.8 Å². The molecule has 1 aromatic rings. The highest BCUT2D eigenvalue weighted by atomic mass is 35.5. The number of thiophene rings is 1. The monoisotopic (exact) mass is 271 g/mol. The van der Waals surface area contributed by atoms with Crippen LogP contribution in [0.2, 0.25) is 4.34 Å². The Hall–Kier alpha value is -0.740. The Kier molecular flexibility index (Phi) is 4.29. The fraction of sp³-hybridized carbons (Fsp3) is 0.583. The zero-order chi connectivity index (χ0) is 12.3. The van der Waals surface area contributed by atoms with Crippen LogP contribution < -0.4 is 5.73 Å². The van der Waals surface area contributed by atoms with Crippen LogP contribution in [0.1, 0.15) is 24.6 Å². The smallest absolute Gasteiger partial charge is 0.191 e. The number of halogens is 1. The van der Waals surface area contributed by atoms with Gasteiger partial charge < -0.3 is 10.6 Å². The molecule has 0 amide bonds. The summed E-state index contributed by atoms with van der Waals surface area (Å²) in [6.45, 7) is 4.98. The Balaban J connectivity index is 1.88. The Bertz CT molecular complexity index is 394. The lowest BCUT2D eigenvalue weighted by atomic mass is 10.00. The quantitative estimate of drug-likeness (QED) is 0.664. The third-order valence-electron chi connectivity index (χ3n) is 3.13.